The number of carbonyl (C=O) groups excluding carboxylic acids is 1. The summed E-state index contributed by atoms with van der Waals surface area (Å²) in [6, 6.07) is 12.0. The second-order valence-electron chi connectivity index (χ2n) is 7.21. The van der Waals surface area contributed by atoms with E-state index < -0.39 is 9.84 Å². The third-order valence-corrected chi connectivity index (χ3v) is 6.29. The van der Waals surface area contributed by atoms with Crippen molar-refractivity contribution in [2.45, 2.75) is 30.2 Å². The van der Waals surface area contributed by atoms with Crippen LogP contribution in [0.2, 0.25) is 0 Å². The Hall–Kier alpha value is -2.54. The lowest BCUT2D eigenvalue weighted by atomic mass is 10.0. The van der Waals surface area contributed by atoms with Gasteiger partial charge in [0.1, 0.15) is 0 Å². The number of nitrogens with zero attached hydrogens (tertiary/aromatic N) is 1. The van der Waals surface area contributed by atoms with Gasteiger partial charge in [-0.05, 0) is 48.7 Å². The lowest BCUT2D eigenvalue weighted by Crippen LogP contribution is -2.30. The zero-order valence-electron chi connectivity index (χ0n) is 15.8. The van der Waals surface area contributed by atoms with E-state index in [4.69, 9.17) is 9.47 Å². The van der Waals surface area contributed by atoms with Crippen LogP contribution >= 0.6 is 0 Å². The molecule has 4 rings (SSSR count). The number of likely N-dealkylation sites (tertiary alicyclic amines) is 1. The van der Waals surface area contributed by atoms with Crippen LogP contribution in [0, 0.1) is 0 Å². The maximum absolute atomic E-state index is 13.1. The minimum atomic E-state index is -3.36. The maximum atomic E-state index is 13.1. The first-order valence-corrected chi connectivity index (χ1v) is 11.3. The average molecular weight is 401 g/mol. The van der Waals surface area contributed by atoms with Crippen LogP contribution in [-0.2, 0) is 9.84 Å². The van der Waals surface area contributed by atoms with Crippen molar-refractivity contribution in [3.05, 3.63) is 53.6 Å². The molecule has 148 valence electrons. The van der Waals surface area contributed by atoms with Crippen LogP contribution in [0.1, 0.15) is 41.2 Å². The quantitative estimate of drug-likeness (QED) is 0.790. The van der Waals surface area contributed by atoms with Gasteiger partial charge in [-0.1, -0.05) is 12.1 Å². The number of benzene rings is 2. The largest absolute Gasteiger partial charge is 0.490 e. The van der Waals surface area contributed by atoms with Gasteiger partial charge in [0.15, 0.2) is 21.3 Å². The summed E-state index contributed by atoms with van der Waals surface area (Å²) in [6.07, 6.45) is 3.75. The van der Waals surface area contributed by atoms with Gasteiger partial charge in [-0.2, -0.15) is 0 Å². The van der Waals surface area contributed by atoms with Gasteiger partial charge in [0.2, 0.25) is 0 Å². The first-order chi connectivity index (χ1) is 13.4. The Labute approximate surface area is 165 Å². The molecule has 0 bridgehead atoms. The van der Waals surface area contributed by atoms with Crippen molar-refractivity contribution in [1.82, 2.24) is 4.90 Å². The Kier molecular flexibility index (Phi) is 5.02. The molecule has 0 aliphatic carbocycles. The Morgan fingerprint density at radius 2 is 1.82 bits per heavy atom. The third kappa shape index (κ3) is 3.71. The van der Waals surface area contributed by atoms with E-state index in [1.54, 1.807) is 12.1 Å². The molecule has 1 amide bonds. The van der Waals surface area contributed by atoms with Gasteiger partial charge >= 0.3 is 0 Å². The molecule has 0 saturated carbocycles. The lowest BCUT2D eigenvalue weighted by molar-refractivity contribution is 0.0735. The first kappa shape index (κ1) is 18.8. The predicted molar refractivity (Wildman–Crippen MR) is 105 cm³/mol. The highest BCUT2D eigenvalue weighted by Crippen LogP contribution is 2.38. The van der Waals surface area contributed by atoms with Gasteiger partial charge in [-0.25, -0.2) is 8.42 Å². The predicted octanol–water partition coefficient (Wildman–Crippen LogP) is 3.23. The van der Waals surface area contributed by atoms with Crippen molar-refractivity contribution in [3.8, 4) is 11.5 Å². The van der Waals surface area contributed by atoms with Gasteiger partial charge in [-0.15, -0.1) is 0 Å². The van der Waals surface area contributed by atoms with Crippen LogP contribution in [0.25, 0.3) is 0 Å². The van der Waals surface area contributed by atoms with Gasteiger partial charge in [0.05, 0.1) is 24.2 Å². The van der Waals surface area contributed by atoms with Crippen LogP contribution in [-0.4, -0.2) is 45.2 Å². The van der Waals surface area contributed by atoms with E-state index in [9.17, 15) is 13.2 Å². The molecule has 2 aromatic carbocycles. The Balaban J connectivity index is 1.62. The average Bonchev–Trinajstić information content (AvgIpc) is 3.05. The monoisotopic (exact) mass is 401 g/mol. The summed E-state index contributed by atoms with van der Waals surface area (Å²) in [5.74, 6) is 1.30. The molecule has 1 saturated heterocycles. The molecule has 2 aliphatic rings. The normalized spacial score (nSPS) is 19.3. The molecule has 0 aromatic heterocycles. The molecule has 7 heteroatoms. The minimum absolute atomic E-state index is 0.0634. The molecule has 0 spiro atoms. The SMILES string of the molecule is CS(=O)(=O)c1cccc(C(=O)N2CCC[C@@H]2c2ccc3c(c2)OCCCO3)c1. The van der Waals surface area contributed by atoms with Gasteiger partial charge in [0, 0.05) is 24.8 Å². The second kappa shape index (κ2) is 7.47. The summed E-state index contributed by atoms with van der Waals surface area (Å²) in [5, 5.41) is 0. The summed E-state index contributed by atoms with van der Waals surface area (Å²) < 4.78 is 35.1. The molecule has 2 aliphatic heterocycles. The van der Waals surface area contributed by atoms with Crippen molar-refractivity contribution in [2.75, 3.05) is 26.0 Å². The van der Waals surface area contributed by atoms with Crippen molar-refractivity contribution in [2.24, 2.45) is 0 Å². The maximum Gasteiger partial charge on any atom is 0.254 e. The molecule has 6 nitrogen and oxygen atoms in total. The number of carbonyl (C=O) groups is 1. The zero-order chi connectivity index (χ0) is 19.7. The van der Waals surface area contributed by atoms with E-state index in [1.807, 2.05) is 23.1 Å². The Morgan fingerprint density at radius 1 is 1.04 bits per heavy atom. The zero-order valence-corrected chi connectivity index (χ0v) is 16.6. The molecule has 2 aromatic rings. The lowest BCUT2D eigenvalue weighted by Gasteiger charge is -2.26. The number of ether oxygens (including phenoxy) is 2. The molecular formula is C21H23NO5S. The molecular weight excluding hydrogens is 378 g/mol. The highest BCUT2D eigenvalue weighted by Gasteiger charge is 2.31. The van der Waals surface area contributed by atoms with E-state index in [2.05, 4.69) is 0 Å². The van der Waals surface area contributed by atoms with E-state index in [1.165, 1.54) is 12.1 Å². The van der Waals surface area contributed by atoms with E-state index in [-0.39, 0.29) is 16.8 Å². The van der Waals surface area contributed by atoms with Crippen LogP contribution in [0.15, 0.2) is 47.4 Å². The number of sulfone groups is 1. The highest BCUT2D eigenvalue weighted by molar-refractivity contribution is 7.90. The van der Waals surface area contributed by atoms with E-state index >= 15 is 0 Å². The van der Waals surface area contributed by atoms with Crippen molar-refractivity contribution in [1.29, 1.82) is 0 Å². The van der Waals surface area contributed by atoms with E-state index in [0.717, 1.165) is 36.8 Å². The summed E-state index contributed by atoms with van der Waals surface area (Å²) in [7, 11) is -3.36. The summed E-state index contributed by atoms with van der Waals surface area (Å²) in [5.41, 5.74) is 1.40. The van der Waals surface area contributed by atoms with Crippen molar-refractivity contribution >= 4 is 15.7 Å². The number of fused-ring (bicyclic) bond motifs is 1. The van der Waals surface area contributed by atoms with E-state index in [0.29, 0.717) is 31.1 Å². The molecule has 1 atom stereocenters. The second-order valence-corrected chi connectivity index (χ2v) is 9.23. The van der Waals surface area contributed by atoms with Gasteiger partial charge in [-0.3, -0.25) is 4.79 Å². The molecule has 0 N–H and O–H groups in total. The topological polar surface area (TPSA) is 72.9 Å². The molecule has 2 heterocycles. The summed E-state index contributed by atoms with van der Waals surface area (Å²) in [4.78, 5) is 15.1. The fraction of sp³-hybridized carbons (Fsp3) is 0.381. The standard InChI is InChI=1S/C21H23NO5S/c1-28(24,25)17-6-2-5-16(13-17)21(23)22-10-3-7-18(22)15-8-9-19-20(14-15)27-12-4-11-26-19/h2,5-6,8-9,13-14,18H,3-4,7,10-12H2,1H3/t18-/m1/s1. The minimum Gasteiger partial charge on any atom is -0.490 e. The molecule has 0 radical (unpaired) electrons. The van der Waals surface area contributed by atoms with Gasteiger partial charge in [0.25, 0.3) is 5.91 Å². The summed E-state index contributed by atoms with van der Waals surface area (Å²) in [6.45, 7) is 1.89. The number of hydrogen-bond donors (Lipinski definition) is 0. The van der Waals surface area contributed by atoms with Gasteiger partial charge < -0.3 is 14.4 Å². The first-order valence-electron chi connectivity index (χ1n) is 9.44. The highest BCUT2D eigenvalue weighted by atomic mass is 32.2. The van der Waals surface area contributed by atoms with Crippen molar-refractivity contribution in [3.63, 3.8) is 0 Å². The van der Waals surface area contributed by atoms with Crippen LogP contribution in [0.3, 0.4) is 0 Å². The number of rotatable bonds is 3. The molecule has 28 heavy (non-hydrogen) atoms. The summed E-state index contributed by atoms with van der Waals surface area (Å²) >= 11 is 0. The Bertz CT molecular complexity index is 1000. The fourth-order valence-corrected chi connectivity index (χ4v) is 4.44. The van der Waals surface area contributed by atoms with Crippen LogP contribution < -0.4 is 9.47 Å². The molecule has 0 unspecified atom stereocenters. The van der Waals surface area contributed by atoms with Crippen LogP contribution in [0.5, 0.6) is 11.5 Å². The van der Waals surface area contributed by atoms with Crippen molar-refractivity contribution < 1.29 is 22.7 Å². The number of hydrogen-bond acceptors (Lipinski definition) is 5. The smallest absolute Gasteiger partial charge is 0.254 e. The molecule has 1 fully saturated rings. The van der Waals surface area contributed by atoms with Crippen LogP contribution in [0.4, 0.5) is 0 Å². The number of amides is 1. The fourth-order valence-electron chi connectivity index (χ4n) is 3.77. The third-order valence-electron chi connectivity index (χ3n) is 5.18. The Morgan fingerprint density at radius 3 is 2.61 bits per heavy atom.